The molecule has 0 saturated carbocycles. The Morgan fingerprint density at radius 3 is 2.58 bits per heavy atom. The van der Waals surface area contributed by atoms with Gasteiger partial charge < -0.3 is 0 Å². The Labute approximate surface area is 71.8 Å². The molecule has 63 valence electrons. The maximum atomic E-state index is 10.0. The first-order chi connectivity index (χ1) is 5.83. The van der Waals surface area contributed by atoms with E-state index in [4.69, 9.17) is 5.84 Å². The first kappa shape index (κ1) is 8.74. The van der Waals surface area contributed by atoms with Crippen molar-refractivity contribution >= 4 is 6.41 Å². The summed E-state index contributed by atoms with van der Waals surface area (Å²) in [5.74, 6) is 5.23. The number of rotatable bonds is 4. The fraction of sp³-hybridized carbons (Fsp3) is 0.222. The molecule has 0 aromatic heterocycles. The van der Waals surface area contributed by atoms with Crippen molar-refractivity contribution in [3.05, 3.63) is 35.9 Å². The molecular formula is C9H11N2O. The van der Waals surface area contributed by atoms with Gasteiger partial charge >= 0.3 is 6.41 Å². The maximum absolute atomic E-state index is 10.0. The standard InChI is InChI=1S/C9H11N2O/c10-11(8-12)7-6-9-4-2-1-3-5-9/h1-5H,6-7,10H2. The fourth-order valence-corrected chi connectivity index (χ4v) is 0.940. The molecule has 1 amide bonds. The summed E-state index contributed by atoms with van der Waals surface area (Å²) in [5.41, 5.74) is 1.17. The molecule has 0 atom stereocenters. The number of benzene rings is 1. The molecule has 3 heteroatoms. The van der Waals surface area contributed by atoms with Crippen molar-refractivity contribution in [2.24, 2.45) is 5.84 Å². The van der Waals surface area contributed by atoms with Crippen LogP contribution in [0.15, 0.2) is 30.3 Å². The third-order valence-electron chi connectivity index (χ3n) is 1.60. The van der Waals surface area contributed by atoms with E-state index < -0.39 is 0 Å². The van der Waals surface area contributed by atoms with Gasteiger partial charge in [-0.2, -0.15) is 0 Å². The minimum Gasteiger partial charge on any atom is -0.272 e. The summed E-state index contributed by atoms with van der Waals surface area (Å²) >= 11 is 0. The van der Waals surface area contributed by atoms with Gasteiger partial charge in [0.15, 0.2) is 0 Å². The summed E-state index contributed by atoms with van der Waals surface area (Å²) < 4.78 is 0. The number of nitrogens with zero attached hydrogens (tertiary/aromatic N) is 1. The van der Waals surface area contributed by atoms with Gasteiger partial charge in [-0.1, -0.05) is 30.3 Å². The Balaban J connectivity index is 2.38. The lowest BCUT2D eigenvalue weighted by Gasteiger charge is -2.07. The van der Waals surface area contributed by atoms with E-state index in [0.717, 1.165) is 11.4 Å². The van der Waals surface area contributed by atoms with Crippen LogP contribution in [0.5, 0.6) is 0 Å². The molecule has 0 spiro atoms. The van der Waals surface area contributed by atoms with Gasteiger partial charge in [0, 0.05) is 6.54 Å². The number of nitrogens with two attached hydrogens (primary N) is 1. The highest BCUT2D eigenvalue weighted by molar-refractivity contribution is 5.46. The summed E-state index contributed by atoms with van der Waals surface area (Å²) in [6, 6.07) is 9.87. The summed E-state index contributed by atoms with van der Waals surface area (Å²) in [6.45, 7) is 0.507. The Kier molecular flexibility index (Phi) is 3.29. The third kappa shape index (κ3) is 2.72. The average Bonchev–Trinajstić information content (AvgIpc) is 2.16. The molecule has 1 aromatic carbocycles. The van der Waals surface area contributed by atoms with Gasteiger partial charge in [0.25, 0.3) is 0 Å². The van der Waals surface area contributed by atoms with E-state index in [1.54, 1.807) is 6.41 Å². The lowest BCUT2D eigenvalue weighted by atomic mass is 10.1. The van der Waals surface area contributed by atoms with Crippen LogP contribution in [-0.2, 0) is 11.2 Å². The molecule has 3 nitrogen and oxygen atoms in total. The minimum absolute atomic E-state index is 0.507. The van der Waals surface area contributed by atoms with E-state index in [9.17, 15) is 4.79 Å². The Morgan fingerprint density at radius 1 is 1.33 bits per heavy atom. The fourth-order valence-electron chi connectivity index (χ4n) is 0.940. The Bertz CT molecular complexity index is 236. The van der Waals surface area contributed by atoms with E-state index >= 15 is 0 Å². The highest BCUT2D eigenvalue weighted by atomic mass is 16.1. The molecule has 2 N–H and O–H groups in total. The Hall–Kier alpha value is -1.35. The summed E-state index contributed by atoms with van der Waals surface area (Å²) in [5, 5.41) is 1.02. The van der Waals surface area contributed by atoms with Crippen molar-refractivity contribution in [1.29, 1.82) is 0 Å². The normalized spacial score (nSPS) is 9.42. The molecule has 1 aromatic rings. The zero-order valence-corrected chi connectivity index (χ0v) is 6.73. The average molecular weight is 163 g/mol. The number of hydrazine groups is 1. The second kappa shape index (κ2) is 4.51. The molecule has 0 aliphatic heterocycles. The lowest BCUT2D eigenvalue weighted by Crippen LogP contribution is -2.31. The number of hydrogen-bond donors (Lipinski definition) is 1. The number of hydrogen-bond acceptors (Lipinski definition) is 2. The van der Waals surface area contributed by atoms with Crippen molar-refractivity contribution in [2.45, 2.75) is 6.42 Å². The van der Waals surface area contributed by atoms with Crippen LogP contribution < -0.4 is 5.84 Å². The molecule has 0 aliphatic carbocycles. The molecule has 0 saturated heterocycles. The molecule has 0 bridgehead atoms. The first-order valence-electron chi connectivity index (χ1n) is 3.77. The molecule has 0 aliphatic rings. The molecule has 1 radical (unpaired) electrons. The van der Waals surface area contributed by atoms with E-state index in [1.165, 1.54) is 5.56 Å². The Morgan fingerprint density at radius 2 is 2.00 bits per heavy atom. The SMILES string of the molecule is NN([C]=O)CCc1ccccc1. The second-order valence-corrected chi connectivity index (χ2v) is 2.52. The maximum Gasteiger partial charge on any atom is 0.327 e. The summed E-state index contributed by atoms with van der Waals surface area (Å²) in [6.07, 6.45) is 2.37. The molecular weight excluding hydrogens is 152 g/mol. The molecule has 0 fully saturated rings. The van der Waals surface area contributed by atoms with Crippen LogP contribution in [0, 0.1) is 0 Å². The van der Waals surface area contributed by atoms with Gasteiger partial charge in [-0.25, -0.2) is 5.84 Å². The van der Waals surface area contributed by atoms with Crippen LogP contribution in [0.2, 0.25) is 0 Å². The van der Waals surface area contributed by atoms with Crippen LogP contribution >= 0.6 is 0 Å². The van der Waals surface area contributed by atoms with Crippen molar-refractivity contribution in [1.82, 2.24) is 5.01 Å². The summed E-state index contributed by atoms with van der Waals surface area (Å²) in [4.78, 5) is 10.0. The zero-order chi connectivity index (χ0) is 8.81. The largest absolute Gasteiger partial charge is 0.327 e. The molecule has 0 heterocycles. The smallest absolute Gasteiger partial charge is 0.272 e. The van der Waals surface area contributed by atoms with E-state index in [-0.39, 0.29) is 0 Å². The van der Waals surface area contributed by atoms with Gasteiger partial charge in [0.2, 0.25) is 0 Å². The minimum atomic E-state index is 0.507. The van der Waals surface area contributed by atoms with Crippen molar-refractivity contribution in [2.75, 3.05) is 6.54 Å². The lowest BCUT2D eigenvalue weighted by molar-refractivity contribution is 0.395. The topological polar surface area (TPSA) is 46.3 Å². The van der Waals surface area contributed by atoms with Crippen molar-refractivity contribution in [3.8, 4) is 0 Å². The van der Waals surface area contributed by atoms with Crippen molar-refractivity contribution < 1.29 is 4.79 Å². The van der Waals surface area contributed by atoms with Crippen LogP contribution in [-0.4, -0.2) is 18.0 Å². The van der Waals surface area contributed by atoms with Crippen LogP contribution in [0.1, 0.15) is 5.56 Å². The van der Waals surface area contributed by atoms with Gasteiger partial charge in [-0.3, -0.25) is 9.80 Å². The monoisotopic (exact) mass is 163 g/mol. The number of carbonyl (C=O) groups excluding carboxylic acids is 1. The van der Waals surface area contributed by atoms with Gasteiger partial charge in [0.05, 0.1) is 0 Å². The highest BCUT2D eigenvalue weighted by Crippen LogP contribution is 1.98. The molecule has 12 heavy (non-hydrogen) atoms. The first-order valence-corrected chi connectivity index (χ1v) is 3.77. The van der Waals surface area contributed by atoms with Gasteiger partial charge in [0.1, 0.15) is 0 Å². The number of amides is 1. The van der Waals surface area contributed by atoms with E-state index in [2.05, 4.69) is 0 Å². The second-order valence-electron chi connectivity index (χ2n) is 2.52. The summed E-state index contributed by atoms with van der Waals surface area (Å²) in [7, 11) is 0. The highest BCUT2D eigenvalue weighted by Gasteiger charge is 1.95. The predicted molar refractivity (Wildman–Crippen MR) is 46.7 cm³/mol. The predicted octanol–water partition coefficient (Wildman–Crippen LogP) is 0.472. The van der Waals surface area contributed by atoms with Gasteiger partial charge in [-0.05, 0) is 12.0 Å². The van der Waals surface area contributed by atoms with Crippen LogP contribution in [0.4, 0.5) is 0 Å². The zero-order valence-electron chi connectivity index (χ0n) is 6.73. The quantitative estimate of drug-likeness (QED) is 0.303. The third-order valence-corrected chi connectivity index (χ3v) is 1.60. The van der Waals surface area contributed by atoms with Gasteiger partial charge in [-0.15, -0.1) is 0 Å². The van der Waals surface area contributed by atoms with Crippen molar-refractivity contribution in [3.63, 3.8) is 0 Å². The van der Waals surface area contributed by atoms with Crippen LogP contribution in [0.25, 0.3) is 0 Å². The van der Waals surface area contributed by atoms with E-state index in [0.29, 0.717) is 6.54 Å². The molecule has 1 rings (SSSR count). The van der Waals surface area contributed by atoms with E-state index in [1.807, 2.05) is 30.3 Å². The molecule has 0 unspecified atom stereocenters. The van der Waals surface area contributed by atoms with Crippen LogP contribution in [0.3, 0.4) is 0 Å².